The molecule has 0 atom stereocenters. The molecular weight excluding hydrogens is 276 g/mol. The van der Waals surface area contributed by atoms with E-state index in [4.69, 9.17) is 0 Å². The fourth-order valence-electron chi connectivity index (χ4n) is 2.20. The van der Waals surface area contributed by atoms with Gasteiger partial charge in [0.05, 0.1) is 5.56 Å². The lowest BCUT2D eigenvalue weighted by molar-refractivity contribution is 0.687. The van der Waals surface area contributed by atoms with Crippen LogP contribution in [0.15, 0.2) is 52.3 Å². The second kappa shape index (κ2) is 6.34. The monoisotopic (exact) mass is 294 g/mol. The number of nitrogens with zero attached hydrogens (tertiary/aromatic N) is 1. The molecule has 1 N–H and O–H groups in total. The SMILES string of the molecule is Cc1ccccc1Sc1ccc(CNC2CC2)cc1C#N. The third-order valence-corrected chi connectivity index (χ3v) is 4.90. The molecular formula is C18H18N2S. The number of benzene rings is 2. The zero-order valence-electron chi connectivity index (χ0n) is 12.1. The van der Waals surface area contributed by atoms with Crippen LogP contribution in [0.3, 0.4) is 0 Å². The summed E-state index contributed by atoms with van der Waals surface area (Å²) in [7, 11) is 0. The molecule has 0 radical (unpaired) electrons. The quantitative estimate of drug-likeness (QED) is 0.894. The largest absolute Gasteiger partial charge is 0.310 e. The van der Waals surface area contributed by atoms with Crippen LogP contribution in [0.25, 0.3) is 0 Å². The Hall–Kier alpha value is -1.76. The van der Waals surface area contributed by atoms with E-state index in [2.05, 4.69) is 42.6 Å². The van der Waals surface area contributed by atoms with E-state index in [1.807, 2.05) is 18.2 Å². The average molecular weight is 294 g/mol. The van der Waals surface area contributed by atoms with E-state index in [-0.39, 0.29) is 0 Å². The molecule has 1 aliphatic rings. The van der Waals surface area contributed by atoms with Gasteiger partial charge in [-0.15, -0.1) is 0 Å². The van der Waals surface area contributed by atoms with Gasteiger partial charge >= 0.3 is 0 Å². The molecule has 0 saturated heterocycles. The van der Waals surface area contributed by atoms with Crippen LogP contribution in [0.2, 0.25) is 0 Å². The number of nitrogens with one attached hydrogen (secondary N) is 1. The van der Waals surface area contributed by atoms with Crippen molar-refractivity contribution < 1.29 is 0 Å². The van der Waals surface area contributed by atoms with Gasteiger partial charge in [-0.05, 0) is 49.1 Å². The first-order chi connectivity index (χ1) is 10.3. The van der Waals surface area contributed by atoms with Crippen molar-refractivity contribution in [1.82, 2.24) is 5.32 Å². The summed E-state index contributed by atoms with van der Waals surface area (Å²) in [5, 5.41) is 12.9. The third-order valence-electron chi connectivity index (χ3n) is 3.65. The third kappa shape index (κ3) is 3.66. The zero-order chi connectivity index (χ0) is 14.7. The van der Waals surface area contributed by atoms with Gasteiger partial charge in [-0.2, -0.15) is 5.26 Å². The van der Waals surface area contributed by atoms with Crippen LogP contribution in [-0.4, -0.2) is 6.04 Å². The van der Waals surface area contributed by atoms with Gasteiger partial charge in [0.15, 0.2) is 0 Å². The fourth-order valence-corrected chi connectivity index (χ4v) is 3.17. The number of hydrogen-bond acceptors (Lipinski definition) is 3. The van der Waals surface area contributed by atoms with Gasteiger partial charge in [0.25, 0.3) is 0 Å². The standard InChI is InChI=1S/C18H18N2S/c1-13-4-2-3-5-17(13)21-18-9-6-14(10-15(18)11-19)12-20-16-7-8-16/h2-6,9-10,16,20H,7-8,12H2,1H3. The Balaban J connectivity index is 1.78. The van der Waals surface area contributed by atoms with Crippen LogP contribution >= 0.6 is 11.8 Å². The summed E-state index contributed by atoms with van der Waals surface area (Å²) in [4.78, 5) is 2.24. The van der Waals surface area contributed by atoms with E-state index in [9.17, 15) is 5.26 Å². The minimum Gasteiger partial charge on any atom is -0.310 e. The Bertz CT molecular complexity index is 684. The van der Waals surface area contributed by atoms with Gasteiger partial charge in [-0.1, -0.05) is 36.0 Å². The highest BCUT2D eigenvalue weighted by atomic mass is 32.2. The van der Waals surface area contributed by atoms with Crippen molar-refractivity contribution in [2.45, 2.75) is 42.1 Å². The second-order valence-electron chi connectivity index (χ2n) is 5.47. The first-order valence-corrected chi connectivity index (χ1v) is 8.08. The maximum Gasteiger partial charge on any atom is 0.100 e. The Labute approximate surface area is 130 Å². The highest BCUT2D eigenvalue weighted by Crippen LogP contribution is 2.32. The normalized spacial score (nSPS) is 13.9. The molecule has 106 valence electrons. The van der Waals surface area contributed by atoms with E-state index in [0.717, 1.165) is 17.0 Å². The molecule has 2 aromatic rings. The predicted octanol–water partition coefficient (Wildman–Crippen LogP) is 4.27. The van der Waals surface area contributed by atoms with Gasteiger partial charge in [0, 0.05) is 22.4 Å². The van der Waals surface area contributed by atoms with Gasteiger partial charge in [0.2, 0.25) is 0 Å². The number of nitriles is 1. The van der Waals surface area contributed by atoms with Crippen LogP contribution in [0.5, 0.6) is 0 Å². The van der Waals surface area contributed by atoms with Gasteiger partial charge in [0.1, 0.15) is 6.07 Å². The molecule has 2 nitrogen and oxygen atoms in total. The highest BCUT2D eigenvalue weighted by Gasteiger charge is 2.20. The minimum absolute atomic E-state index is 0.691. The first kappa shape index (κ1) is 14.2. The number of hydrogen-bond donors (Lipinski definition) is 1. The van der Waals surface area contributed by atoms with Crippen LogP contribution in [-0.2, 0) is 6.54 Å². The number of rotatable bonds is 5. The Morgan fingerprint density at radius 3 is 2.71 bits per heavy atom. The molecule has 3 rings (SSSR count). The summed E-state index contributed by atoms with van der Waals surface area (Å²) in [5.41, 5.74) is 3.19. The maximum absolute atomic E-state index is 9.40. The molecule has 0 aromatic heterocycles. The molecule has 2 aromatic carbocycles. The van der Waals surface area contributed by atoms with Crippen LogP contribution in [0.1, 0.15) is 29.5 Å². The molecule has 0 amide bonds. The summed E-state index contributed by atoms with van der Waals surface area (Å²) in [6.45, 7) is 2.96. The second-order valence-corrected chi connectivity index (χ2v) is 6.55. The molecule has 21 heavy (non-hydrogen) atoms. The van der Waals surface area contributed by atoms with Crippen LogP contribution in [0.4, 0.5) is 0 Å². The summed E-state index contributed by atoms with van der Waals surface area (Å²) in [5.74, 6) is 0. The molecule has 0 spiro atoms. The van der Waals surface area contributed by atoms with E-state index in [1.165, 1.54) is 28.9 Å². The highest BCUT2D eigenvalue weighted by molar-refractivity contribution is 7.99. The molecule has 0 aliphatic heterocycles. The first-order valence-electron chi connectivity index (χ1n) is 7.26. The van der Waals surface area contributed by atoms with Crippen molar-refractivity contribution in [2.75, 3.05) is 0 Å². The molecule has 0 heterocycles. The summed E-state index contributed by atoms with van der Waals surface area (Å²) < 4.78 is 0. The molecule has 3 heteroatoms. The lowest BCUT2D eigenvalue weighted by atomic mass is 10.1. The van der Waals surface area contributed by atoms with Gasteiger partial charge < -0.3 is 5.32 Å². The zero-order valence-corrected chi connectivity index (χ0v) is 12.9. The van der Waals surface area contributed by atoms with Crippen molar-refractivity contribution in [2.24, 2.45) is 0 Å². The fraction of sp³-hybridized carbons (Fsp3) is 0.278. The predicted molar refractivity (Wildman–Crippen MR) is 86.3 cm³/mol. The van der Waals surface area contributed by atoms with E-state index < -0.39 is 0 Å². The van der Waals surface area contributed by atoms with E-state index >= 15 is 0 Å². The van der Waals surface area contributed by atoms with Crippen molar-refractivity contribution >= 4 is 11.8 Å². The van der Waals surface area contributed by atoms with Gasteiger partial charge in [-0.25, -0.2) is 0 Å². The van der Waals surface area contributed by atoms with Crippen molar-refractivity contribution in [1.29, 1.82) is 5.26 Å². The van der Waals surface area contributed by atoms with Gasteiger partial charge in [-0.3, -0.25) is 0 Å². The summed E-state index contributed by atoms with van der Waals surface area (Å²) >= 11 is 1.67. The number of aryl methyl sites for hydroxylation is 1. The molecule has 0 bridgehead atoms. The minimum atomic E-state index is 0.691. The van der Waals surface area contributed by atoms with Crippen molar-refractivity contribution in [3.63, 3.8) is 0 Å². The lowest BCUT2D eigenvalue weighted by Crippen LogP contribution is -2.15. The van der Waals surface area contributed by atoms with E-state index in [0.29, 0.717) is 6.04 Å². The molecule has 1 fully saturated rings. The maximum atomic E-state index is 9.40. The Kier molecular flexibility index (Phi) is 4.28. The summed E-state index contributed by atoms with van der Waals surface area (Å²) in [6, 6.07) is 17.5. The smallest absolute Gasteiger partial charge is 0.100 e. The molecule has 1 aliphatic carbocycles. The van der Waals surface area contributed by atoms with Crippen molar-refractivity contribution in [3.8, 4) is 6.07 Å². The Morgan fingerprint density at radius 2 is 2.00 bits per heavy atom. The molecule has 1 saturated carbocycles. The summed E-state index contributed by atoms with van der Waals surface area (Å²) in [6.07, 6.45) is 2.57. The van der Waals surface area contributed by atoms with Crippen LogP contribution in [0, 0.1) is 18.3 Å². The van der Waals surface area contributed by atoms with E-state index in [1.54, 1.807) is 11.8 Å². The average Bonchev–Trinajstić information content (AvgIpc) is 3.32. The van der Waals surface area contributed by atoms with Crippen LogP contribution < -0.4 is 5.32 Å². The topological polar surface area (TPSA) is 35.8 Å². The molecule has 0 unspecified atom stereocenters. The Morgan fingerprint density at radius 1 is 1.19 bits per heavy atom. The lowest BCUT2D eigenvalue weighted by Gasteiger charge is -2.09. The van der Waals surface area contributed by atoms with Crippen molar-refractivity contribution in [3.05, 3.63) is 59.2 Å².